The van der Waals surface area contributed by atoms with Gasteiger partial charge in [0.1, 0.15) is 5.82 Å². The van der Waals surface area contributed by atoms with Gasteiger partial charge in [0.2, 0.25) is 5.62 Å². The molecule has 4 aromatic rings. The molecule has 0 spiro atoms. The van der Waals surface area contributed by atoms with E-state index >= 15 is 0 Å². The Morgan fingerprint density at radius 1 is 1.02 bits per heavy atom. The van der Waals surface area contributed by atoms with Crippen LogP contribution in [0.4, 0.5) is 17.6 Å². The lowest BCUT2D eigenvalue weighted by atomic mass is 9.97. The highest BCUT2D eigenvalue weighted by Gasteiger charge is 2.39. The van der Waals surface area contributed by atoms with Crippen molar-refractivity contribution < 1.29 is 22.4 Å². The summed E-state index contributed by atoms with van der Waals surface area (Å²) in [6, 6.07) is 9.55. The van der Waals surface area contributed by atoms with Crippen LogP contribution >= 0.6 is 0 Å². The Labute approximate surface area is 258 Å². The van der Waals surface area contributed by atoms with Crippen LogP contribution < -0.4 is 10.9 Å². The minimum Gasteiger partial charge on any atom is -0.345 e. The van der Waals surface area contributed by atoms with Crippen molar-refractivity contribution in [3.63, 3.8) is 0 Å². The molecule has 0 bridgehead atoms. The zero-order valence-corrected chi connectivity index (χ0v) is 25.1. The molecule has 45 heavy (non-hydrogen) atoms. The highest BCUT2D eigenvalue weighted by molar-refractivity contribution is 5.96. The maximum atomic E-state index is 14.4. The molecule has 2 aromatic heterocycles. The van der Waals surface area contributed by atoms with Crippen LogP contribution in [0.3, 0.4) is 0 Å². The van der Waals surface area contributed by atoms with Gasteiger partial charge in [-0.2, -0.15) is 18.3 Å². The molecule has 3 fully saturated rings. The summed E-state index contributed by atoms with van der Waals surface area (Å²) < 4.78 is 62.3. The summed E-state index contributed by atoms with van der Waals surface area (Å²) in [5.74, 6) is -0.538. The van der Waals surface area contributed by atoms with Gasteiger partial charge < -0.3 is 14.5 Å². The van der Waals surface area contributed by atoms with Gasteiger partial charge in [-0.05, 0) is 97.9 Å². The van der Waals surface area contributed by atoms with Crippen LogP contribution in [0.2, 0.25) is 0 Å². The third kappa shape index (κ3) is 6.09. The summed E-state index contributed by atoms with van der Waals surface area (Å²) in [6.45, 7) is 1.90. The molecule has 0 aliphatic heterocycles. The number of carbonyl (C=O) groups excluding carboxylic acids is 1. The highest BCUT2D eigenvalue weighted by Crippen LogP contribution is 2.42. The number of aromatic nitrogens is 4. The van der Waals surface area contributed by atoms with E-state index in [1.165, 1.54) is 23.0 Å². The van der Waals surface area contributed by atoms with Crippen molar-refractivity contribution in [3.8, 4) is 11.1 Å². The SMILES string of the molecule is Cc1cc([C@@H](NC(=O)c2cc(Cn3ccn(C4CC4)c3=N)cc(-c3cn(C4CCCC4)nc3C(F)(F)F)c2)C2CC2)ccc1F. The second-order valence-electron chi connectivity index (χ2n) is 12.9. The molecule has 0 unspecified atom stereocenters. The van der Waals surface area contributed by atoms with E-state index in [1.54, 1.807) is 42.0 Å². The number of amides is 1. The molecular weight excluding hydrogens is 584 g/mol. The molecule has 0 radical (unpaired) electrons. The number of alkyl halides is 3. The zero-order valence-electron chi connectivity index (χ0n) is 25.1. The number of halogens is 4. The number of imidazole rings is 1. The van der Waals surface area contributed by atoms with Gasteiger partial charge in [0.05, 0.1) is 18.6 Å². The van der Waals surface area contributed by atoms with E-state index in [4.69, 9.17) is 5.41 Å². The van der Waals surface area contributed by atoms with E-state index in [0.717, 1.165) is 56.9 Å². The maximum Gasteiger partial charge on any atom is 0.435 e. The van der Waals surface area contributed by atoms with Crippen molar-refractivity contribution in [2.45, 2.75) is 89.1 Å². The number of nitrogens with one attached hydrogen (secondary N) is 2. The Morgan fingerprint density at radius 2 is 1.78 bits per heavy atom. The summed E-state index contributed by atoms with van der Waals surface area (Å²) in [7, 11) is 0. The molecule has 11 heteroatoms. The fraction of sp³-hybridized carbons (Fsp3) is 0.441. The maximum absolute atomic E-state index is 14.4. The van der Waals surface area contributed by atoms with Crippen LogP contribution in [-0.4, -0.2) is 24.8 Å². The average molecular weight is 621 g/mol. The van der Waals surface area contributed by atoms with Gasteiger partial charge in [0.15, 0.2) is 5.69 Å². The predicted molar refractivity (Wildman–Crippen MR) is 160 cm³/mol. The fourth-order valence-corrected chi connectivity index (χ4v) is 6.64. The van der Waals surface area contributed by atoms with Gasteiger partial charge >= 0.3 is 6.18 Å². The number of nitrogens with zero attached hydrogens (tertiary/aromatic N) is 4. The van der Waals surface area contributed by atoms with Gasteiger partial charge in [-0.1, -0.05) is 25.0 Å². The van der Waals surface area contributed by atoms with Crippen LogP contribution in [-0.2, 0) is 12.7 Å². The second-order valence-corrected chi connectivity index (χ2v) is 12.9. The van der Waals surface area contributed by atoms with Crippen molar-refractivity contribution in [3.05, 3.63) is 94.4 Å². The van der Waals surface area contributed by atoms with Crippen molar-refractivity contribution in [1.29, 1.82) is 5.41 Å². The van der Waals surface area contributed by atoms with Crippen LogP contribution in [0.5, 0.6) is 0 Å². The minimum absolute atomic E-state index is 0.0650. The average Bonchev–Trinajstić information content (AvgIpc) is 3.88. The minimum atomic E-state index is -4.68. The van der Waals surface area contributed by atoms with Crippen LogP contribution in [0.25, 0.3) is 11.1 Å². The number of hydrogen-bond donors (Lipinski definition) is 2. The molecule has 2 aromatic carbocycles. The van der Waals surface area contributed by atoms with Crippen molar-refractivity contribution in [2.75, 3.05) is 0 Å². The Kier molecular flexibility index (Phi) is 7.44. The zero-order chi connectivity index (χ0) is 31.5. The van der Waals surface area contributed by atoms with Crippen LogP contribution in [0.15, 0.2) is 55.0 Å². The molecule has 236 valence electrons. The topological polar surface area (TPSA) is 80.6 Å². The third-order valence-corrected chi connectivity index (χ3v) is 9.40. The molecule has 7 nitrogen and oxygen atoms in total. The van der Waals surface area contributed by atoms with Crippen molar-refractivity contribution >= 4 is 5.91 Å². The largest absolute Gasteiger partial charge is 0.435 e. The van der Waals surface area contributed by atoms with Gasteiger partial charge in [-0.25, -0.2) is 4.39 Å². The monoisotopic (exact) mass is 620 g/mol. The summed E-state index contributed by atoms with van der Waals surface area (Å²) in [5.41, 5.74) is 1.64. The summed E-state index contributed by atoms with van der Waals surface area (Å²) >= 11 is 0. The molecule has 3 aliphatic rings. The molecule has 3 aliphatic carbocycles. The van der Waals surface area contributed by atoms with Crippen LogP contribution in [0.1, 0.15) is 102 Å². The fourth-order valence-electron chi connectivity index (χ4n) is 6.64. The Bertz CT molecular complexity index is 1800. The van der Waals surface area contributed by atoms with E-state index < -0.39 is 17.8 Å². The molecule has 3 saturated carbocycles. The first-order chi connectivity index (χ1) is 21.5. The standard InChI is InChI=1S/C34H36F4N6O/c1-20-14-23(8-11-29(20)35)30(22-6-7-22)40-32(45)25-16-21(18-42-12-13-43(33(42)39)26-9-10-26)15-24(17-25)28-19-44(27-4-2-3-5-27)41-31(28)34(36,37)38/h8,11-17,19,22,26-27,30,39H,2-7,9-10,18H2,1H3,(H,40,45)/t30-/m0/s1. The van der Waals surface area contributed by atoms with Crippen LogP contribution in [0, 0.1) is 24.1 Å². The second kappa shape index (κ2) is 11.3. The van der Waals surface area contributed by atoms with E-state index in [0.29, 0.717) is 22.8 Å². The van der Waals surface area contributed by atoms with Crippen molar-refractivity contribution in [1.82, 2.24) is 24.2 Å². The van der Waals surface area contributed by atoms with Gasteiger partial charge in [-0.3, -0.25) is 14.9 Å². The number of carbonyl (C=O) groups is 1. The Hall–Kier alpha value is -4.15. The highest BCUT2D eigenvalue weighted by atomic mass is 19.4. The lowest BCUT2D eigenvalue weighted by Gasteiger charge is -2.20. The number of benzene rings is 2. The van der Waals surface area contributed by atoms with Gasteiger partial charge in [-0.15, -0.1) is 0 Å². The van der Waals surface area contributed by atoms with E-state index in [1.807, 2.05) is 10.8 Å². The molecule has 2 N–H and O–H groups in total. The lowest BCUT2D eigenvalue weighted by molar-refractivity contribution is -0.141. The normalized spacial score (nSPS) is 18.0. The molecule has 1 atom stereocenters. The molecule has 0 saturated heterocycles. The first-order valence-corrected chi connectivity index (χ1v) is 15.7. The van der Waals surface area contributed by atoms with Gasteiger partial charge in [0.25, 0.3) is 5.91 Å². The van der Waals surface area contributed by atoms with Gasteiger partial charge in [0, 0.05) is 35.8 Å². The van der Waals surface area contributed by atoms with E-state index in [9.17, 15) is 22.4 Å². The summed E-state index contributed by atoms with van der Waals surface area (Å²) in [5, 5.41) is 15.8. The smallest absolute Gasteiger partial charge is 0.345 e. The molecule has 1 amide bonds. The first-order valence-electron chi connectivity index (χ1n) is 15.7. The number of rotatable bonds is 9. The number of aryl methyl sites for hydroxylation is 1. The predicted octanol–water partition coefficient (Wildman–Crippen LogP) is 7.48. The quantitative estimate of drug-likeness (QED) is 0.190. The Morgan fingerprint density at radius 3 is 2.44 bits per heavy atom. The lowest BCUT2D eigenvalue weighted by Crippen LogP contribution is -2.30. The molecule has 2 heterocycles. The van der Waals surface area contributed by atoms with E-state index in [-0.39, 0.29) is 47.1 Å². The summed E-state index contributed by atoms with van der Waals surface area (Å²) in [6.07, 6.45) is 7.77. The third-order valence-electron chi connectivity index (χ3n) is 9.40. The van der Waals surface area contributed by atoms with Crippen molar-refractivity contribution in [2.24, 2.45) is 5.92 Å². The summed E-state index contributed by atoms with van der Waals surface area (Å²) in [4.78, 5) is 13.9. The molecule has 7 rings (SSSR count). The number of hydrogen-bond acceptors (Lipinski definition) is 3. The Balaban J connectivity index is 1.28. The molecular formula is C34H36F4N6O. The first kappa shape index (κ1) is 29.6. The van der Waals surface area contributed by atoms with E-state index in [2.05, 4.69) is 10.4 Å².